The standard InChI is InChI=1S/C13H14N2O/c1-10-14-8-13(15-10)7-6-11-4-2-3-5-12(11)9-16/h2-5,8-9H,6-7H2,1H3,(H,14,15). The van der Waals surface area contributed by atoms with E-state index in [1.165, 1.54) is 0 Å². The topological polar surface area (TPSA) is 45.8 Å². The third-order valence-electron chi connectivity index (χ3n) is 2.59. The van der Waals surface area contributed by atoms with Crippen molar-refractivity contribution in [1.29, 1.82) is 0 Å². The molecule has 0 aliphatic heterocycles. The second-order valence-electron chi connectivity index (χ2n) is 3.79. The van der Waals surface area contributed by atoms with E-state index in [4.69, 9.17) is 0 Å². The van der Waals surface area contributed by atoms with E-state index in [0.717, 1.165) is 41.8 Å². The highest BCUT2D eigenvalue weighted by Gasteiger charge is 2.02. The molecule has 0 fully saturated rings. The minimum absolute atomic E-state index is 0.773. The number of aldehydes is 1. The average molecular weight is 214 g/mol. The number of H-pyrrole nitrogens is 1. The molecule has 1 N–H and O–H groups in total. The number of rotatable bonds is 4. The van der Waals surface area contributed by atoms with Gasteiger partial charge in [-0.25, -0.2) is 4.98 Å². The molecule has 16 heavy (non-hydrogen) atoms. The molecule has 1 aromatic carbocycles. The quantitative estimate of drug-likeness (QED) is 0.794. The molecule has 0 bridgehead atoms. The van der Waals surface area contributed by atoms with Gasteiger partial charge in [-0.05, 0) is 25.3 Å². The summed E-state index contributed by atoms with van der Waals surface area (Å²) in [5.41, 5.74) is 2.89. The lowest BCUT2D eigenvalue weighted by Gasteiger charge is -2.02. The summed E-state index contributed by atoms with van der Waals surface area (Å²) >= 11 is 0. The van der Waals surface area contributed by atoms with E-state index >= 15 is 0 Å². The van der Waals surface area contributed by atoms with Crippen LogP contribution in [0, 0.1) is 6.92 Å². The molecule has 1 aromatic heterocycles. The molecule has 0 saturated heterocycles. The number of carbonyl (C=O) groups is 1. The number of aromatic amines is 1. The Kier molecular flexibility index (Phi) is 3.15. The van der Waals surface area contributed by atoms with Gasteiger partial charge in [-0.15, -0.1) is 0 Å². The highest BCUT2D eigenvalue weighted by Crippen LogP contribution is 2.10. The lowest BCUT2D eigenvalue weighted by molar-refractivity contribution is 0.112. The molecule has 82 valence electrons. The van der Waals surface area contributed by atoms with Crippen LogP contribution in [0.1, 0.15) is 27.4 Å². The summed E-state index contributed by atoms with van der Waals surface area (Å²) in [6, 6.07) is 7.67. The Morgan fingerprint density at radius 1 is 1.31 bits per heavy atom. The zero-order valence-corrected chi connectivity index (χ0v) is 9.23. The van der Waals surface area contributed by atoms with Gasteiger partial charge in [0.05, 0.1) is 5.69 Å². The first kappa shape index (κ1) is 10.6. The first-order chi connectivity index (χ1) is 7.79. The van der Waals surface area contributed by atoms with Gasteiger partial charge >= 0.3 is 0 Å². The molecule has 3 nitrogen and oxygen atoms in total. The van der Waals surface area contributed by atoms with Crippen molar-refractivity contribution in [3.63, 3.8) is 0 Å². The van der Waals surface area contributed by atoms with Gasteiger partial charge < -0.3 is 4.98 Å². The van der Waals surface area contributed by atoms with Crippen molar-refractivity contribution in [2.24, 2.45) is 0 Å². The predicted octanol–water partition coefficient (Wildman–Crippen LogP) is 2.32. The van der Waals surface area contributed by atoms with Crippen molar-refractivity contribution >= 4 is 6.29 Å². The number of aromatic nitrogens is 2. The Labute approximate surface area is 94.5 Å². The summed E-state index contributed by atoms with van der Waals surface area (Å²) in [6.45, 7) is 1.93. The molecule has 2 aromatic rings. The van der Waals surface area contributed by atoms with Crippen molar-refractivity contribution in [3.05, 3.63) is 53.1 Å². The maximum Gasteiger partial charge on any atom is 0.150 e. The molecule has 3 heteroatoms. The summed E-state index contributed by atoms with van der Waals surface area (Å²) in [5.74, 6) is 0.929. The van der Waals surface area contributed by atoms with Crippen LogP contribution in [0.3, 0.4) is 0 Å². The van der Waals surface area contributed by atoms with Crippen molar-refractivity contribution < 1.29 is 4.79 Å². The van der Waals surface area contributed by atoms with Crippen LogP contribution in [0.15, 0.2) is 30.5 Å². The van der Waals surface area contributed by atoms with E-state index in [1.807, 2.05) is 37.4 Å². The first-order valence-electron chi connectivity index (χ1n) is 5.33. The fourth-order valence-corrected chi connectivity index (χ4v) is 1.74. The molecule has 0 aliphatic carbocycles. The molecule has 0 radical (unpaired) electrons. The third-order valence-corrected chi connectivity index (χ3v) is 2.59. The monoisotopic (exact) mass is 214 g/mol. The SMILES string of the molecule is Cc1nc(CCc2ccccc2C=O)c[nH]1. The van der Waals surface area contributed by atoms with Gasteiger partial charge in [0.1, 0.15) is 12.1 Å². The first-order valence-corrected chi connectivity index (χ1v) is 5.33. The van der Waals surface area contributed by atoms with Crippen LogP contribution in [0.4, 0.5) is 0 Å². The van der Waals surface area contributed by atoms with Crippen LogP contribution in [-0.4, -0.2) is 16.3 Å². The minimum atomic E-state index is 0.773. The second-order valence-corrected chi connectivity index (χ2v) is 3.79. The highest BCUT2D eigenvalue weighted by atomic mass is 16.1. The Balaban J connectivity index is 2.07. The fraction of sp³-hybridized carbons (Fsp3) is 0.231. The van der Waals surface area contributed by atoms with Gasteiger partial charge in [0.25, 0.3) is 0 Å². The molecule has 0 unspecified atom stereocenters. The van der Waals surface area contributed by atoms with Gasteiger partial charge in [-0.2, -0.15) is 0 Å². The highest BCUT2D eigenvalue weighted by molar-refractivity contribution is 5.77. The van der Waals surface area contributed by atoms with E-state index < -0.39 is 0 Å². The molecule has 1 heterocycles. The lowest BCUT2D eigenvalue weighted by atomic mass is 10.0. The van der Waals surface area contributed by atoms with E-state index in [2.05, 4.69) is 9.97 Å². The van der Waals surface area contributed by atoms with Gasteiger partial charge in [-0.3, -0.25) is 4.79 Å². The Morgan fingerprint density at radius 2 is 2.12 bits per heavy atom. The van der Waals surface area contributed by atoms with Crippen molar-refractivity contribution in [2.75, 3.05) is 0 Å². The summed E-state index contributed by atoms with van der Waals surface area (Å²) < 4.78 is 0. The number of nitrogens with one attached hydrogen (secondary N) is 1. The Bertz CT molecular complexity index is 488. The van der Waals surface area contributed by atoms with Crippen molar-refractivity contribution in [1.82, 2.24) is 9.97 Å². The van der Waals surface area contributed by atoms with Crippen molar-refractivity contribution in [3.8, 4) is 0 Å². The van der Waals surface area contributed by atoms with Crippen molar-refractivity contribution in [2.45, 2.75) is 19.8 Å². The Hall–Kier alpha value is -1.90. The summed E-state index contributed by atoms with van der Waals surface area (Å²) in [5, 5.41) is 0. The third kappa shape index (κ3) is 2.37. The molecular weight excluding hydrogens is 200 g/mol. The van der Waals surface area contributed by atoms with Gasteiger partial charge in [0.15, 0.2) is 0 Å². The molecular formula is C13H14N2O. The largest absolute Gasteiger partial charge is 0.349 e. The molecule has 0 atom stereocenters. The Morgan fingerprint density at radius 3 is 2.81 bits per heavy atom. The smallest absolute Gasteiger partial charge is 0.150 e. The predicted molar refractivity (Wildman–Crippen MR) is 62.6 cm³/mol. The summed E-state index contributed by atoms with van der Waals surface area (Å²) in [6.07, 6.45) is 4.53. The zero-order chi connectivity index (χ0) is 11.4. The van der Waals surface area contributed by atoms with Gasteiger partial charge in [0, 0.05) is 11.8 Å². The normalized spacial score (nSPS) is 10.3. The minimum Gasteiger partial charge on any atom is -0.349 e. The molecule has 0 aliphatic rings. The second kappa shape index (κ2) is 4.75. The number of nitrogens with zero attached hydrogens (tertiary/aromatic N) is 1. The summed E-state index contributed by atoms with van der Waals surface area (Å²) in [7, 11) is 0. The molecule has 0 spiro atoms. The molecule has 0 amide bonds. The zero-order valence-electron chi connectivity index (χ0n) is 9.23. The van der Waals surface area contributed by atoms with Crippen LogP contribution < -0.4 is 0 Å². The van der Waals surface area contributed by atoms with E-state index in [-0.39, 0.29) is 0 Å². The number of imidazole rings is 1. The molecule has 0 saturated carbocycles. The fourth-order valence-electron chi connectivity index (χ4n) is 1.74. The number of benzene rings is 1. The van der Waals surface area contributed by atoms with E-state index in [1.54, 1.807) is 0 Å². The molecule has 2 rings (SSSR count). The van der Waals surface area contributed by atoms with Crippen LogP contribution in [-0.2, 0) is 12.8 Å². The van der Waals surface area contributed by atoms with Crippen LogP contribution in [0.25, 0.3) is 0 Å². The maximum atomic E-state index is 10.8. The summed E-state index contributed by atoms with van der Waals surface area (Å²) in [4.78, 5) is 18.2. The van der Waals surface area contributed by atoms with Crippen LogP contribution in [0.2, 0.25) is 0 Å². The van der Waals surface area contributed by atoms with E-state index in [0.29, 0.717) is 0 Å². The van der Waals surface area contributed by atoms with Gasteiger partial charge in [0.2, 0.25) is 0 Å². The number of hydrogen-bond acceptors (Lipinski definition) is 2. The maximum absolute atomic E-state index is 10.8. The van der Waals surface area contributed by atoms with Crippen LogP contribution >= 0.6 is 0 Å². The number of aryl methyl sites for hydroxylation is 3. The lowest BCUT2D eigenvalue weighted by Crippen LogP contribution is -1.96. The average Bonchev–Trinajstić information content (AvgIpc) is 2.73. The van der Waals surface area contributed by atoms with Crippen LogP contribution in [0.5, 0.6) is 0 Å². The van der Waals surface area contributed by atoms with E-state index in [9.17, 15) is 4.79 Å². The number of carbonyl (C=O) groups excluding carboxylic acids is 1. The number of hydrogen-bond donors (Lipinski definition) is 1. The van der Waals surface area contributed by atoms with Gasteiger partial charge in [-0.1, -0.05) is 24.3 Å².